The second-order valence-corrected chi connectivity index (χ2v) is 10.7. The zero-order valence-corrected chi connectivity index (χ0v) is 22.1. The van der Waals surface area contributed by atoms with Gasteiger partial charge in [0.1, 0.15) is 5.56 Å². The van der Waals surface area contributed by atoms with Crippen molar-refractivity contribution in [2.24, 2.45) is 11.8 Å². The molecule has 2 aliphatic rings. The van der Waals surface area contributed by atoms with E-state index in [2.05, 4.69) is 87.6 Å². The van der Waals surface area contributed by atoms with Crippen molar-refractivity contribution in [2.45, 2.75) is 32.5 Å². The summed E-state index contributed by atoms with van der Waals surface area (Å²) < 4.78 is 0. The van der Waals surface area contributed by atoms with Crippen LogP contribution in [0.4, 0.5) is 5.69 Å². The molecule has 6 rings (SSSR count). The van der Waals surface area contributed by atoms with E-state index < -0.39 is 11.5 Å². The highest BCUT2D eigenvalue weighted by atomic mass is 16.4. The van der Waals surface area contributed by atoms with E-state index in [0.717, 1.165) is 37.3 Å². The lowest BCUT2D eigenvalue weighted by Gasteiger charge is -2.28. The van der Waals surface area contributed by atoms with E-state index in [1.54, 1.807) is 0 Å². The van der Waals surface area contributed by atoms with Gasteiger partial charge in [0.15, 0.2) is 0 Å². The Hall–Kier alpha value is -4.16. The van der Waals surface area contributed by atoms with Gasteiger partial charge in [-0.3, -0.25) is 9.69 Å². The Morgan fingerprint density at radius 3 is 1.97 bits per heavy atom. The maximum absolute atomic E-state index is 12.3. The van der Waals surface area contributed by atoms with E-state index in [4.69, 9.17) is 0 Å². The molecule has 4 aromatic rings. The van der Waals surface area contributed by atoms with Crippen molar-refractivity contribution in [3.8, 4) is 11.3 Å². The predicted octanol–water partition coefficient (Wildman–Crippen LogP) is 5.44. The molecule has 2 fully saturated rings. The average Bonchev–Trinajstić information content (AvgIpc) is 3.46. The number of piperidine rings is 1. The van der Waals surface area contributed by atoms with Crippen LogP contribution in [0.25, 0.3) is 11.3 Å². The summed E-state index contributed by atoms with van der Waals surface area (Å²) >= 11 is 0. The fourth-order valence-corrected chi connectivity index (χ4v) is 6.26. The summed E-state index contributed by atoms with van der Waals surface area (Å²) in [6.07, 6.45) is 0.632. The Kier molecular flexibility index (Phi) is 6.79. The van der Waals surface area contributed by atoms with Gasteiger partial charge in [0, 0.05) is 37.9 Å². The largest absolute Gasteiger partial charge is 0.477 e. The highest BCUT2D eigenvalue weighted by Crippen LogP contribution is 2.50. The molecule has 6 heteroatoms. The second-order valence-electron chi connectivity index (χ2n) is 10.7. The molecule has 198 valence electrons. The molecule has 3 atom stereocenters. The number of pyridine rings is 1. The van der Waals surface area contributed by atoms with E-state index in [1.807, 2.05) is 19.1 Å². The van der Waals surface area contributed by atoms with E-state index >= 15 is 0 Å². The maximum atomic E-state index is 12.3. The van der Waals surface area contributed by atoms with Crippen LogP contribution in [0.2, 0.25) is 0 Å². The number of nitrogens with zero attached hydrogens (tertiary/aromatic N) is 2. The van der Waals surface area contributed by atoms with Crippen LogP contribution in [0.3, 0.4) is 0 Å². The van der Waals surface area contributed by atoms with Gasteiger partial charge in [-0.15, -0.1) is 0 Å². The molecule has 0 radical (unpaired) electrons. The van der Waals surface area contributed by atoms with Crippen molar-refractivity contribution in [3.63, 3.8) is 0 Å². The third kappa shape index (κ3) is 5.12. The van der Waals surface area contributed by atoms with Gasteiger partial charge in [-0.2, -0.15) is 0 Å². The molecule has 1 saturated carbocycles. The van der Waals surface area contributed by atoms with Gasteiger partial charge in [-0.1, -0.05) is 79.7 Å². The first-order chi connectivity index (χ1) is 19.0. The summed E-state index contributed by atoms with van der Waals surface area (Å²) in [7, 11) is 0. The Balaban J connectivity index is 1.16. The third-order valence-corrected chi connectivity index (χ3v) is 8.28. The lowest BCUT2D eigenvalue weighted by molar-refractivity contribution is 0.0695. The molecule has 0 amide bonds. The standard InChI is InChI=1S/C33H33N3O3/c1-2-24-17-27(33(38)39)32(37)34-30(24)25-13-15-26(16-14-25)35-20-28-29(21-35)31(28)36(18-22-9-5-3-6-10-22)19-23-11-7-4-8-12-23/h3-17,28-29,31H,2,18-21H2,1H3,(H,34,37)(H,38,39)/t28-,29+,31-. The summed E-state index contributed by atoms with van der Waals surface area (Å²) in [4.78, 5) is 31.6. The number of nitrogens with one attached hydrogen (secondary N) is 1. The third-order valence-electron chi connectivity index (χ3n) is 8.28. The number of aryl methyl sites for hydroxylation is 1. The van der Waals surface area contributed by atoms with Gasteiger partial charge in [0.05, 0.1) is 5.69 Å². The molecule has 1 aromatic heterocycles. The van der Waals surface area contributed by atoms with Gasteiger partial charge in [-0.25, -0.2) is 4.79 Å². The molecule has 1 aliphatic carbocycles. The Morgan fingerprint density at radius 2 is 1.46 bits per heavy atom. The van der Waals surface area contributed by atoms with Gasteiger partial charge in [-0.05, 0) is 58.7 Å². The summed E-state index contributed by atoms with van der Waals surface area (Å²) in [6, 6.07) is 31.9. The second kappa shape index (κ2) is 10.5. The number of aromatic carboxylic acids is 1. The number of benzene rings is 3. The normalized spacial score (nSPS) is 19.7. The lowest BCUT2D eigenvalue weighted by Crippen LogP contribution is -2.34. The van der Waals surface area contributed by atoms with E-state index in [9.17, 15) is 14.7 Å². The van der Waals surface area contributed by atoms with Gasteiger partial charge in [0.25, 0.3) is 5.56 Å². The van der Waals surface area contributed by atoms with Gasteiger partial charge < -0.3 is 15.0 Å². The minimum atomic E-state index is -1.20. The van der Waals surface area contributed by atoms with Crippen LogP contribution < -0.4 is 10.5 Å². The van der Waals surface area contributed by atoms with Crippen molar-refractivity contribution in [1.29, 1.82) is 0 Å². The van der Waals surface area contributed by atoms with Crippen LogP contribution in [0.1, 0.15) is 34.0 Å². The minimum Gasteiger partial charge on any atom is -0.477 e. The smallest absolute Gasteiger partial charge is 0.341 e. The molecule has 2 N–H and O–H groups in total. The lowest BCUT2D eigenvalue weighted by atomic mass is 10.0. The maximum Gasteiger partial charge on any atom is 0.341 e. The predicted molar refractivity (Wildman–Crippen MR) is 154 cm³/mol. The Labute approximate surface area is 228 Å². The number of aromatic nitrogens is 1. The highest BCUT2D eigenvalue weighted by molar-refractivity contribution is 5.88. The number of aromatic amines is 1. The molecule has 6 nitrogen and oxygen atoms in total. The summed E-state index contributed by atoms with van der Waals surface area (Å²) in [5.41, 5.74) is 5.52. The van der Waals surface area contributed by atoms with Gasteiger partial charge in [0.2, 0.25) is 0 Å². The first kappa shape index (κ1) is 25.1. The zero-order valence-electron chi connectivity index (χ0n) is 22.1. The zero-order chi connectivity index (χ0) is 26.9. The topological polar surface area (TPSA) is 76.6 Å². The number of fused-ring (bicyclic) bond motifs is 1. The summed E-state index contributed by atoms with van der Waals surface area (Å²) in [5.74, 6) is 0.109. The quantitative estimate of drug-likeness (QED) is 0.308. The summed E-state index contributed by atoms with van der Waals surface area (Å²) in [6.45, 7) is 5.96. The molecule has 0 bridgehead atoms. The fourth-order valence-electron chi connectivity index (χ4n) is 6.26. The van der Waals surface area contributed by atoms with Crippen LogP contribution in [-0.4, -0.2) is 40.1 Å². The molecule has 0 unspecified atom stereocenters. The monoisotopic (exact) mass is 519 g/mol. The average molecular weight is 520 g/mol. The van der Waals surface area contributed by atoms with Crippen molar-refractivity contribution >= 4 is 11.7 Å². The van der Waals surface area contributed by atoms with E-state index in [-0.39, 0.29) is 5.56 Å². The number of rotatable bonds is 9. The van der Waals surface area contributed by atoms with Crippen molar-refractivity contribution in [2.75, 3.05) is 18.0 Å². The number of carboxylic acids is 1. The van der Waals surface area contributed by atoms with Crippen LogP contribution >= 0.6 is 0 Å². The summed E-state index contributed by atoms with van der Waals surface area (Å²) in [5, 5.41) is 9.30. The number of carbonyl (C=O) groups is 1. The van der Waals surface area contributed by atoms with Crippen molar-refractivity contribution in [1.82, 2.24) is 9.88 Å². The molecule has 3 aromatic carbocycles. The van der Waals surface area contributed by atoms with E-state index in [0.29, 0.717) is 30.0 Å². The van der Waals surface area contributed by atoms with Crippen LogP contribution in [-0.2, 0) is 19.5 Å². The number of hydrogen-bond acceptors (Lipinski definition) is 4. The molecule has 2 heterocycles. The first-order valence-electron chi connectivity index (χ1n) is 13.7. The number of hydrogen-bond donors (Lipinski definition) is 2. The van der Waals surface area contributed by atoms with Crippen molar-refractivity contribution < 1.29 is 9.90 Å². The number of H-pyrrole nitrogens is 1. The van der Waals surface area contributed by atoms with Crippen LogP contribution in [0.15, 0.2) is 95.8 Å². The molecule has 1 saturated heterocycles. The Bertz CT molecular complexity index is 1460. The number of carboxylic acid groups (broad SMARTS) is 1. The molecule has 0 spiro atoms. The van der Waals surface area contributed by atoms with Gasteiger partial charge >= 0.3 is 5.97 Å². The molecule has 1 aliphatic heterocycles. The van der Waals surface area contributed by atoms with Crippen LogP contribution in [0, 0.1) is 11.8 Å². The fraction of sp³-hybridized carbons (Fsp3) is 0.273. The molecular weight excluding hydrogens is 486 g/mol. The first-order valence-corrected chi connectivity index (χ1v) is 13.7. The van der Waals surface area contributed by atoms with Crippen molar-refractivity contribution in [3.05, 3.63) is 124 Å². The SMILES string of the molecule is CCc1cc(C(=O)O)c(=O)[nH]c1-c1ccc(N2C[C@@H]3[C@H](C2)[C@@H]3N(Cc2ccccc2)Cc2ccccc2)cc1. The minimum absolute atomic E-state index is 0.216. The van der Waals surface area contributed by atoms with Crippen LogP contribution in [0.5, 0.6) is 0 Å². The number of anilines is 1. The van der Waals surface area contributed by atoms with E-state index in [1.165, 1.54) is 22.9 Å². The Morgan fingerprint density at radius 1 is 0.897 bits per heavy atom. The highest BCUT2D eigenvalue weighted by Gasteiger charge is 2.58. The molecular formula is C33H33N3O3. The molecule has 39 heavy (non-hydrogen) atoms.